The van der Waals surface area contributed by atoms with E-state index in [-0.39, 0.29) is 6.10 Å². The van der Waals surface area contributed by atoms with Crippen molar-refractivity contribution < 1.29 is 28.5 Å². The lowest BCUT2D eigenvalue weighted by Gasteiger charge is -2.11. The predicted octanol–water partition coefficient (Wildman–Crippen LogP) is 3.29. The second-order valence-corrected chi connectivity index (χ2v) is 5.92. The number of carbonyl (C=O) groups excluding carboxylic acids is 2. The molecule has 0 bridgehead atoms. The second-order valence-electron chi connectivity index (χ2n) is 5.92. The first-order valence-corrected chi connectivity index (χ1v) is 8.38. The fourth-order valence-electron chi connectivity index (χ4n) is 2.23. The molecule has 144 valence electrons. The monoisotopic (exact) mass is 373 g/mol. The standard InChI is InChI=1S/C20H23NO6/c1-13(2)27-16-7-5-14(6-8-16)20(23)26-12-19(22)21-15-9-17(24-3)11-18(10-15)25-4/h5-11,13H,12H2,1-4H3,(H,21,22). The summed E-state index contributed by atoms with van der Waals surface area (Å²) in [6.45, 7) is 3.42. The van der Waals surface area contributed by atoms with E-state index >= 15 is 0 Å². The zero-order valence-corrected chi connectivity index (χ0v) is 15.8. The second kappa shape index (κ2) is 9.47. The van der Waals surface area contributed by atoms with E-state index in [0.29, 0.717) is 28.5 Å². The molecule has 7 nitrogen and oxygen atoms in total. The Balaban J connectivity index is 1.90. The molecule has 0 atom stereocenters. The Morgan fingerprint density at radius 3 is 2.04 bits per heavy atom. The highest BCUT2D eigenvalue weighted by Crippen LogP contribution is 2.25. The van der Waals surface area contributed by atoms with Crippen molar-refractivity contribution in [3.8, 4) is 17.2 Å². The number of amides is 1. The van der Waals surface area contributed by atoms with Gasteiger partial charge < -0.3 is 24.3 Å². The topological polar surface area (TPSA) is 83.1 Å². The summed E-state index contributed by atoms with van der Waals surface area (Å²) in [4.78, 5) is 24.1. The smallest absolute Gasteiger partial charge is 0.338 e. The maximum absolute atomic E-state index is 12.1. The van der Waals surface area contributed by atoms with Gasteiger partial charge in [0.05, 0.1) is 25.9 Å². The molecular weight excluding hydrogens is 350 g/mol. The maximum Gasteiger partial charge on any atom is 0.338 e. The number of anilines is 1. The quantitative estimate of drug-likeness (QED) is 0.715. The Kier molecular flexibility index (Phi) is 7.05. The van der Waals surface area contributed by atoms with Crippen LogP contribution in [0.4, 0.5) is 5.69 Å². The van der Waals surface area contributed by atoms with Crippen molar-refractivity contribution in [1.29, 1.82) is 0 Å². The van der Waals surface area contributed by atoms with Crippen LogP contribution in [-0.4, -0.2) is 38.8 Å². The molecule has 2 aromatic carbocycles. The number of hydrogen-bond donors (Lipinski definition) is 1. The number of rotatable bonds is 8. The van der Waals surface area contributed by atoms with Gasteiger partial charge in [0.1, 0.15) is 17.2 Å². The van der Waals surface area contributed by atoms with Gasteiger partial charge in [-0.1, -0.05) is 0 Å². The van der Waals surface area contributed by atoms with Gasteiger partial charge in [-0.25, -0.2) is 4.79 Å². The number of esters is 1. The summed E-state index contributed by atoms with van der Waals surface area (Å²) in [5.41, 5.74) is 0.810. The molecule has 2 rings (SSSR count). The van der Waals surface area contributed by atoms with Crippen molar-refractivity contribution in [2.24, 2.45) is 0 Å². The molecule has 0 saturated heterocycles. The van der Waals surface area contributed by atoms with Gasteiger partial charge in [-0.15, -0.1) is 0 Å². The zero-order chi connectivity index (χ0) is 19.8. The molecule has 1 amide bonds. The van der Waals surface area contributed by atoms with E-state index in [4.69, 9.17) is 18.9 Å². The zero-order valence-electron chi connectivity index (χ0n) is 15.8. The van der Waals surface area contributed by atoms with Crippen molar-refractivity contribution in [1.82, 2.24) is 0 Å². The van der Waals surface area contributed by atoms with E-state index in [2.05, 4.69) is 5.32 Å². The summed E-state index contributed by atoms with van der Waals surface area (Å²) in [5.74, 6) is 0.657. The van der Waals surface area contributed by atoms with Gasteiger partial charge in [-0.2, -0.15) is 0 Å². The molecule has 0 fully saturated rings. The van der Waals surface area contributed by atoms with Gasteiger partial charge >= 0.3 is 5.97 Å². The predicted molar refractivity (Wildman–Crippen MR) is 101 cm³/mol. The molecule has 0 spiro atoms. The van der Waals surface area contributed by atoms with E-state index in [1.54, 1.807) is 42.5 Å². The minimum Gasteiger partial charge on any atom is -0.497 e. The number of ether oxygens (including phenoxy) is 4. The Hall–Kier alpha value is -3.22. The first-order valence-electron chi connectivity index (χ1n) is 8.38. The molecule has 0 heterocycles. The van der Waals surface area contributed by atoms with Gasteiger partial charge in [0.2, 0.25) is 0 Å². The van der Waals surface area contributed by atoms with Crippen LogP contribution in [0.2, 0.25) is 0 Å². The lowest BCUT2D eigenvalue weighted by atomic mass is 10.2. The Bertz CT molecular complexity index is 763. The SMILES string of the molecule is COc1cc(NC(=O)COC(=O)c2ccc(OC(C)C)cc2)cc(OC)c1. The summed E-state index contributed by atoms with van der Waals surface area (Å²) in [6.07, 6.45) is 0.0433. The first kappa shape index (κ1) is 20.1. The third-order valence-corrected chi connectivity index (χ3v) is 3.43. The molecule has 0 aliphatic carbocycles. The van der Waals surface area contributed by atoms with Crippen LogP contribution in [0.15, 0.2) is 42.5 Å². The van der Waals surface area contributed by atoms with Crippen LogP contribution in [-0.2, 0) is 9.53 Å². The van der Waals surface area contributed by atoms with Crippen molar-refractivity contribution in [2.45, 2.75) is 20.0 Å². The first-order chi connectivity index (χ1) is 12.9. The van der Waals surface area contributed by atoms with E-state index in [9.17, 15) is 9.59 Å². The number of hydrogen-bond acceptors (Lipinski definition) is 6. The van der Waals surface area contributed by atoms with E-state index in [1.165, 1.54) is 14.2 Å². The molecule has 0 aromatic heterocycles. The molecule has 2 aromatic rings. The van der Waals surface area contributed by atoms with Crippen molar-refractivity contribution in [3.63, 3.8) is 0 Å². The summed E-state index contributed by atoms with van der Waals surface area (Å²) in [7, 11) is 3.03. The van der Waals surface area contributed by atoms with Crippen LogP contribution in [0.25, 0.3) is 0 Å². The number of methoxy groups -OCH3 is 2. The van der Waals surface area contributed by atoms with Gasteiger partial charge in [-0.3, -0.25) is 4.79 Å². The molecule has 0 radical (unpaired) electrons. The summed E-state index contributed by atoms with van der Waals surface area (Å²) in [6, 6.07) is 11.5. The van der Waals surface area contributed by atoms with Crippen LogP contribution in [0, 0.1) is 0 Å². The van der Waals surface area contributed by atoms with Gasteiger partial charge in [0, 0.05) is 23.9 Å². The highest BCUT2D eigenvalue weighted by atomic mass is 16.5. The van der Waals surface area contributed by atoms with Crippen molar-refractivity contribution >= 4 is 17.6 Å². The Labute approximate surface area is 158 Å². The highest BCUT2D eigenvalue weighted by Gasteiger charge is 2.12. The molecule has 27 heavy (non-hydrogen) atoms. The fourth-order valence-corrected chi connectivity index (χ4v) is 2.23. The van der Waals surface area contributed by atoms with Gasteiger partial charge in [0.25, 0.3) is 5.91 Å². The van der Waals surface area contributed by atoms with Crippen molar-refractivity contribution in [2.75, 3.05) is 26.1 Å². The summed E-state index contributed by atoms with van der Waals surface area (Å²) < 4.78 is 20.8. The van der Waals surface area contributed by atoms with Crippen LogP contribution in [0.3, 0.4) is 0 Å². The average molecular weight is 373 g/mol. The molecule has 1 N–H and O–H groups in total. The molecule has 0 aliphatic heterocycles. The van der Waals surface area contributed by atoms with Crippen LogP contribution < -0.4 is 19.5 Å². The van der Waals surface area contributed by atoms with Crippen LogP contribution in [0.5, 0.6) is 17.2 Å². The van der Waals surface area contributed by atoms with E-state index < -0.39 is 18.5 Å². The van der Waals surface area contributed by atoms with Gasteiger partial charge in [-0.05, 0) is 38.1 Å². The Morgan fingerprint density at radius 2 is 1.52 bits per heavy atom. The van der Waals surface area contributed by atoms with Crippen LogP contribution in [0.1, 0.15) is 24.2 Å². The third kappa shape index (κ3) is 6.22. The number of benzene rings is 2. The summed E-state index contributed by atoms with van der Waals surface area (Å²) >= 11 is 0. The van der Waals surface area contributed by atoms with Gasteiger partial charge in [0.15, 0.2) is 6.61 Å². The van der Waals surface area contributed by atoms with E-state index in [0.717, 1.165) is 0 Å². The van der Waals surface area contributed by atoms with Crippen molar-refractivity contribution in [3.05, 3.63) is 48.0 Å². The third-order valence-electron chi connectivity index (χ3n) is 3.43. The molecule has 0 unspecified atom stereocenters. The number of nitrogens with one attached hydrogen (secondary N) is 1. The maximum atomic E-state index is 12.1. The minimum atomic E-state index is -0.593. The molecule has 0 aliphatic rings. The van der Waals surface area contributed by atoms with E-state index in [1.807, 2.05) is 13.8 Å². The fraction of sp³-hybridized carbons (Fsp3) is 0.300. The number of carbonyl (C=O) groups is 2. The van der Waals surface area contributed by atoms with Crippen LogP contribution >= 0.6 is 0 Å². The molecular formula is C20H23NO6. The minimum absolute atomic E-state index is 0.0433. The normalized spacial score (nSPS) is 10.3. The average Bonchev–Trinajstić information content (AvgIpc) is 2.65. The lowest BCUT2D eigenvalue weighted by molar-refractivity contribution is -0.119. The molecule has 7 heteroatoms. The molecule has 0 saturated carbocycles. The lowest BCUT2D eigenvalue weighted by Crippen LogP contribution is -2.21. The summed E-state index contributed by atoms with van der Waals surface area (Å²) in [5, 5.41) is 2.63. The highest BCUT2D eigenvalue weighted by molar-refractivity contribution is 5.95. The Morgan fingerprint density at radius 1 is 0.926 bits per heavy atom. The largest absolute Gasteiger partial charge is 0.497 e.